The van der Waals surface area contributed by atoms with Crippen LogP contribution in [0.3, 0.4) is 0 Å². The van der Waals surface area contributed by atoms with E-state index < -0.39 is 16.1 Å². The molecule has 3 aromatic rings. The van der Waals surface area contributed by atoms with E-state index in [1.165, 1.54) is 3.97 Å². The fourth-order valence-corrected chi connectivity index (χ4v) is 3.58. The van der Waals surface area contributed by atoms with Crippen molar-refractivity contribution in [2.45, 2.75) is 6.10 Å². The van der Waals surface area contributed by atoms with Crippen molar-refractivity contribution in [1.29, 1.82) is 0 Å². The topological polar surface area (TPSA) is 59.3 Å². The molecule has 1 aromatic heterocycles. The SMILES string of the molecule is CS(=O)(=O)n1c([C@@H](O)c2ccccc2)cc2ccccc21. The van der Waals surface area contributed by atoms with Crippen LogP contribution in [0, 0.1) is 0 Å². The number of hydrogen-bond donors (Lipinski definition) is 1. The molecule has 1 N–H and O–H groups in total. The summed E-state index contributed by atoms with van der Waals surface area (Å²) in [6.45, 7) is 0. The van der Waals surface area contributed by atoms with Crippen molar-refractivity contribution in [2.75, 3.05) is 6.26 Å². The van der Waals surface area contributed by atoms with Crippen LogP contribution in [-0.2, 0) is 10.0 Å². The first-order valence-corrected chi connectivity index (χ1v) is 8.37. The average molecular weight is 301 g/mol. The molecule has 0 aliphatic carbocycles. The van der Waals surface area contributed by atoms with Crippen molar-refractivity contribution in [3.63, 3.8) is 0 Å². The van der Waals surface area contributed by atoms with E-state index in [9.17, 15) is 13.5 Å². The predicted octanol–water partition coefficient (Wildman–Crippen LogP) is 2.53. The molecular formula is C16H15NO3S. The van der Waals surface area contributed by atoms with Gasteiger partial charge in [0.05, 0.1) is 17.5 Å². The molecule has 0 unspecified atom stereocenters. The maximum atomic E-state index is 12.1. The van der Waals surface area contributed by atoms with Crippen molar-refractivity contribution >= 4 is 20.9 Å². The minimum atomic E-state index is -3.51. The number of benzene rings is 2. The van der Waals surface area contributed by atoms with Gasteiger partial charge in [-0.2, -0.15) is 0 Å². The van der Waals surface area contributed by atoms with Gasteiger partial charge >= 0.3 is 0 Å². The summed E-state index contributed by atoms with van der Waals surface area (Å²) in [5.41, 5.74) is 1.58. The third-order valence-corrected chi connectivity index (χ3v) is 4.49. The molecule has 1 heterocycles. The number of aliphatic hydroxyl groups excluding tert-OH is 1. The van der Waals surface area contributed by atoms with Gasteiger partial charge in [0, 0.05) is 5.39 Å². The summed E-state index contributed by atoms with van der Waals surface area (Å²) in [5, 5.41) is 11.3. The van der Waals surface area contributed by atoms with Crippen LogP contribution in [0.1, 0.15) is 17.4 Å². The zero-order valence-electron chi connectivity index (χ0n) is 11.5. The Balaban J connectivity index is 2.28. The fourth-order valence-electron chi connectivity index (χ4n) is 2.52. The fraction of sp³-hybridized carbons (Fsp3) is 0.125. The quantitative estimate of drug-likeness (QED) is 0.808. The largest absolute Gasteiger partial charge is 0.382 e. The first kappa shape index (κ1) is 13.9. The van der Waals surface area contributed by atoms with Crippen LogP contribution < -0.4 is 0 Å². The van der Waals surface area contributed by atoms with Gasteiger partial charge in [-0.15, -0.1) is 0 Å². The Bertz CT molecular complexity index is 882. The van der Waals surface area contributed by atoms with Crippen molar-refractivity contribution in [3.05, 3.63) is 71.9 Å². The third-order valence-electron chi connectivity index (χ3n) is 3.42. The van der Waals surface area contributed by atoms with Gasteiger partial charge in [-0.3, -0.25) is 0 Å². The van der Waals surface area contributed by atoms with Crippen molar-refractivity contribution in [3.8, 4) is 0 Å². The molecule has 0 saturated carbocycles. The number of rotatable bonds is 3. The van der Waals surface area contributed by atoms with E-state index in [1.54, 1.807) is 30.3 Å². The Hall–Kier alpha value is -2.11. The second-order valence-corrected chi connectivity index (χ2v) is 6.80. The van der Waals surface area contributed by atoms with Crippen molar-refractivity contribution in [2.24, 2.45) is 0 Å². The molecule has 0 spiro atoms. The van der Waals surface area contributed by atoms with Crippen molar-refractivity contribution in [1.82, 2.24) is 3.97 Å². The molecule has 0 bridgehead atoms. The Labute approximate surface area is 123 Å². The number of fused-ring (bicyclic) bond motifs is 1. The molecule has 21 heavy (non-hydrogen) atoms. The predicted molar refractivity (Wildman–Crippen MR) is 82.7 cm³/mol. The molecule has 0 fully saturated rings. The molecule has 0 aliphatic rings. The summed E-state index contributed by atoms with van der Waals surface area (Å²) in [4.78, 5) is 0. The summed E-state index contributed by atoms with van der Waals surface area (Å²) in [6.07, 6.45) is 0.147. The summed E-state index contributed by atoms with van der Waals surface area (Å²) in [6, 6.07) is 17.9. The van der Waals surface area contributed by atoms with Crippen LogP contribution >= 0.6 is 0 Å². The zero-order chi connectivity index (χ0) is 15.0. The molecule has 0 amide bonds. The normalized spacial score (nSPS) is 13.4. The second-order valence-electron chi connectivity index (χ2n) is 4.97. The lowest BCUT2D eigenvalue weighted by atomic mass is 10.1. The number of hydrogen-bond acceptors (Lipinski definition) is 3. The molecule has 0 saturated heterocycles. The first-order valence-electron chi connectivity index (χ1n) is 6.52. The Morgan fingerprint density at radius 2 is 1.62 bits per heavy atom. The standard InChI is InChI=1S/C16H15NO3S/c1-21(19,20)17-14-10-6-5-9-13(14)11-15(17)16(18)12-7-3-2-4-8-12/h2-11,16,18H,1H3/t16-/m0/s1. The lowest BCUT2D eigenvalue weighted by Crippen LogP contribution is -2.16. The van der Waals surface area contributed by atoms with E-state index in [0.717, 1.165) is 11.6 Å². The Morgan fingerprint density at radius 1 is 1.00 bits per heavy atom. The third kappa shape index (κ3) is 2.46. The van der Waals surface area contributed by atoms with E-state index in [4.69, 9.17) is 0 Å². The van der Waals surface area contributed by atoms with Gasteiger partial charge in [-0.1, -0.05) is 48.5 Å². The van der Waals surface area contributed by atoms with E-state index in [0.29, 0.717) is 16.8 Å². The maximum Gasteiger partial charge on any atom is 0.236 e. The summed E-state index contributed by atoms with van der Waals surface area (Å²) >= 11 is 0. The minimum Gasteiger partial charge on any atom is -0.382 e. The van der Waals surface area contributed by atoms with E-state index >= 15 is 0 Å². The van der Waals surface area contributed by atoms with Gasteiger partial charge in [0.15, 0.2) is 0 Å². The zero-order valence-corrected chi connectivity index (χ0v) is 12.3. The minimum absolute atomic E-state index is 0.352. The summed E-state index contributed by atoms with van der Waals surface area (Å²) < 4.78 is 25.4. The first-order chi connectivity index (χ1) is 9.98. The number of aromatic nitrogens is 1. The highest BCUT2D eigenvalue weighted by Crippen LogP contribution is 2.29. The van der Waals surface area contributed by atoms with Gasteiger partial charge in [0.2, 0.25) is 10.0 Å². The number of para-hydroxylation sites is 1. The van der Waals surface area contributed by atoms with Gasteiger partial charge in [-0.05, 0) is 17.7 Å². The highest BCUT2D eigenvalue weighted by Gasteiger charge is 2.22. The van der Waals surface area contributed by atoms with Crippen LogP contribution in [0.15, 0.2) is 60.7 Å². The number of nitrogens with zero attached hydrogens (tertiary/aromatic N) is 1. The summed E-state index contributed by atoms with van der Waals surface area (Å²) in [7, 11) is -3.51. The molecule has 3 rings (SSSR count). The molecule has 1 atom stereocenters. The van der Waals surface area contributed by atoms with Crippen LogP contribution in [0.2, 0.25) is 0 Å². The van der Waals surface area contributed by atoms with Gasteiger partial charge in [-0.25, -0.2) is 12.4 Å². The van der Waals surface area contributed by atoms with Crippen LogP contribution in [0.25, 0.3) is 10.9 Å². The highest BCUT2D eigenvalue weighted by molar-refractivity contribution is 7.89. The molecule has 108 valence electrons. The maximum absolute atomic E-state index is 12.1. The van der Waals surface area contributed by atoms with Gasteiger partial charge < -0.3 is 5.11 Å². The average Bonchev–Trinajstić information content (AvgIpc) is 2.86. The molecule has 0 radical (unpaired) electrons. The van der Waals surface area contributed by atoms with Crippen LogP contribution in [0.4, 0.5) is 0 Å². The van der Waals surface area contributed by atoms with Gasteiger partial charge in [0.25, 0.3) is 0 Å². The lowest BCUT2D eigenvalue weighted by molar-refractivity contribution is 0.214. The lowest BCUT2D eigenvalue weighted by Gasteiger charge is -2.14. The molecule has 0 aliphatic heterocycles. The molecule has 2 aromatic carbocycles. The van der Waals surface area contributed by atoms with Crippen molar-refractivity contribution < 1.29 is 13.5 Å². The monoisotopic (exact) mass is 301 g/mol. The summed E-state index contributed by atoms with van der Waals surface area (Å²) in [5.74, 6) is 0. The van der Waals surface area contributed by atoms with E-state index in [-0.39, 0.29) is 0 Å². The second kappa shape index (κ2) is 5.02. The van der Waals surface area contributed by atoms with E-state index in [2.05, 4.69) is 0 Å². The van der Waals surface area contributed by atoms with E-state index in [1.807, 2.05) is 30.3 Å². The Kier molecular flexibility index (Phi) is 3.31. The van der Waals surface area contributed by atoms with Crippen LogP contribution in [0.5, 0.6) is 0 Å². The Morgan fingerprint density at radius 3 is 2.29 bits per heavy atom. The van der Waals surface area contributed by atoms with Gasteiger partial charge in [0.1, 0.15) is 6.10 Å². The number of aliphatic hydroxyl groups is 1. The molecular weight excluding hydrogens is 286 g/mol. The molecule has 5 heteroatoms. The molecule has 4 nitrogen and oxygen atoms in total. The highest BCUT2D eigenvalue weighted by atomic mass is 32.2. The van der Waals surface area contributed by atoms with Crippen LogP contribution in [-0.4, -0.2) is 23.8 Å². The smallest absolute Gasteiger partial charge is 0.236 e.